The summed E-state index contributed by atoms with van der Waals surface area (Å²) in [4.78, 5) is 12.5. The molecule has 26 heavy (non-hydrogen) atoms. The molecule has 0 bridgehead atoms. The number of nitrogens with zero attached hydrogens (tertiary/aromatic N) is 1. The fourth-order valence-corrected chi connectivity index (χ4v) is 3.06. The van der Waals surface area contributed by atoms with Crippen LogP contribution < -0.4 is 5.32 Å². The Hall–Kier alpha value is -2.85. The van der Waals surface area contributed by atoms with Crippen molar-refractivity contribution in [2.45, 2.75) is 26.0 Å². The molecule has 0 fully saturated rings. The molecular weight excluding hydrogens is 324 g/mol. The van der Waals surface area contributed by atoms with Crippen molar-refractivity contribution in [3.05, 3.63) is 95.3 Å². The van der Waals surface area contributed by atoms with Gasteiger partial charge in [0, 0.05) is 19.3 Å². The number of carbonyl (C=O) groups is 1. The van der Waals surface area contributed by atoms with E-state index in [2.05, 4.69) is 17.4 Å². The van der Waals surface area contributed by atoms with Crippen molar-refractivity contribution in [2.75, 3.05) is 6.54 Å². The van der Waals surface area contributed by atoms with Crippen LogP contribution in [0.1, 0.15) is 33.3 Å². The van der Waals surface area contributed by atoms with Crippen LogP contribution in [0.2, 0.25) is 0 Å². The Morgan fingerprint density at radius 1 is 1.04 bits per heavy atom. The van der Waals surface area contributed by atoms with Gasteiger partial charge < -0.3 is 15.0 Å². The zero-order valence-electron chi connectivity index (χ0n) is 14.9. The number of aliphatic hydroxyl groups is 1. The van der Waals surface area contributed by atoms with E-state index in [0.717, 1.165) is 24.1 Å². The highest BCUT2D eigenvalue weighted by atomic mass is 16.3. The van der Waals surface area contributed by atoms with Crippen LogP contribution in [0.3, 0.4) is 0 Å². The molecule has 2 N–H and O–H groups in total. The Bertz CT molecular complexity index is 855. The van der Waals surface area contributed by atoms with Gasteiger partial charge in [-0.1, -0.05) is 54.6 Å². The average molecular weight is 348 g/mol. The van der Waals surface area contributed by atoms with E-state index in [1.54, 1.807) is 6.07 Å². The summed E-state index contributed by atoms with van der Waals surface area (Å²) in [5.41, 5.74) is 3.70. The summed E-state index contributed by atoms with van der Waals surface area (Å²) in [6.07, 6.45) is 2.06. The molecule has 0 aliphatic carbocycles. The van der Waals surface area contributed by atoms with E-state index in [1.807, 2.05) is 66.2 Å². The molecule has 1 aromatic heterocycles. The molecule has 3 rings (SSSR count). The number of aromatic nitrogens is 1. The summed E-state index contributed by atoms with van der Waals surface area (Å²) in [7, 11) is 0. The van der Waals surface area contributed by atoms with Gasteiger partial charge in [0.2, 0.25) is 0 Å². The van der Waals surface area contributed by atoms with E-state index in [0.29, 0.717) is 5.69 Å². The van der Waals surface area contributed by atoms with Crippen LogP contribution in [0.4, 0.5) is 0 Å². The minimum Gasteiger partial charge on any atom is -0.387 e. The first-order chi connectivity index (χ1) is 12.6. The third kappa shape index (κ3) is 4.41. The Morgan fingerprint density at radius 3 is 2.54 bits per heavy atom. The molecule has 2 aromatic carbocycles. The molecular formula is C22H24N2O2. The molecule has 0 aliphatic rings. The molecule has 0 saturated heterocycles. The lowest BCUT2D eigenvalue weighted by Gasteiger charge is -2.15. The molecule has 0 spiro atoms. The normalized spacial score (nSPS) is 11.9. The molecule has 1 unspecified atom stereocenters. The maximum Gasteiger partial charge on any atom is 0.268 e. The fourth-order valence-electron chi connectivity index (χ4n) is 3.06. The van der Waals surface area contributed by atoms with Gasteiger partial charge in [0.1, 0.15) is 5.69 Å². The standard InChI is InChI=1S/C22H24N2O2/c1-17-8-5-6-11-19(17)21(25)16-23-22(26)20-12-7-14-24(20)15-13-18-9-3-2-4-10-18/h2-12,14,21,25H,13,15-16H2,1H3,(H,23,26). The molecule has 4 nitrogen and oxygen atoms in total. The maximum absolute atomic E-state index is 12.5. The van der Waals surface area contributed by atoms with E-state index in [1.165, 1.54) is 5.56 Å². The smallest absolute Gasteiger partial charge is 0.268 e. The van der Waals surface area contributed by atoms with Crippen molar-refractivity contribution >= 4 is 5.91 Å². The lowest BCUT2D eigenvalue weighted by molar-refractivity contribution is 0.0906. The summed E-state index contributed by atoms with van der Waals surface area (Å²) in [6.45, 7) is 2.88. The van der Waals surface area contributed by atoms with Gasteiger partial charge in [-0.15, -0.1) is 0 Å². The fraction of sp³-hybridized carbons (Fsp3) is 0.227. The summed E-state index contributed by atoms with van der Waals surface area (Å²) < 4.78 is 1.95. The van der Waals surface area contributed by atoms with E-state index < -0.39 is 6.10 Å². The van der Waals surface area contributed by atoms with Gasteiger partial charge in [0.05, 0.1) is 6.10 Å². The number of hydrogen-bond donors (Lipinski definition) is 2. The number of carbonyl (C=O) groups excluding carboxylic acids is 1. The van der Waals surface area contributed by atoms with Gasteiger partial charge >= 0.3 is 0 Å². The van der Waals surface area contributed by atoms with E-state index in [4.69, 9.17) is 0 Å². The van der Waals surface area contributed by atoms with Gasteiger partial charge in [0.25, 0.3) is 5.91 Å². The third-order valence-corrected chi connectivity index (χ3v) is 4.55. The van der Waals surface area contributed by atoms with Gasteiger partial charge in [-0.25, -0.2) is 0 Å². The lowest BCUT2D eigenvalue weighted by atomic mass is 10.0. The van der Waals surface area contributed by atoms with Crippen LogP contribution in [-0.4, -0.2) is 22.1 Å². The number of nitrogens with one attached hydrogen (secondary N) is 1. The van der Waals surface area contributed by atoms with Gasteiger partial charge in [-0.2, -0.15) is 0 Å². The van der Waals surface area contributed by atoms with E-state index in [-0.39, 0.29) is 12.5 Å². The third-order valence-electron chi connectivity index (χ3n) is 4.55. The Labute approximate surface area is 154 Å². The number of hydrogen-bond acceptors (Lipinski definition) is 2. The Morgan fingerprint density at radius 2 is 1.77 bits per heavy atom. The summed E-state index contributed by atoms with van der Waals surface area (Å²) in [6, 6.07) is 21.5. The predicted octanol–water partition coefficient (Wildman–Crippen LogP) is 3.50. The van der Waals surface area contributed by atoms with Crippen LogP contribution in [0, 0.1) is 6.92 Å². The van der Waals surface area contributed by atoms with Gasteiger partial charge in [-0.05, 0) is 42.2 Å². The minimum absolute atomic E-state index is 0.171. The highest BCUT2D eigenvalue weighted by molar-refractivity contribution is 5.92. The second-order valence-electron chi connectivity index (χ2n) is 6.40. The molecule has 134 valence electrons. The molecule has 1 amide bonds. The number of benzene rings is 2. The monoisotopic (exact) mass is 348 g/mol. The second kappa shape index (κ2) is 8.50. The zero-order valence-corrected chi connectivity index (χ0v) is 14.9. The van der Waals surface area contributed by atoms with Crippen molar-refractivity contribution in [1.82, 2.24) is 9.88 Å². The van der Waals surface area contributed by atoms with Crippen molar-refractivity contribution in [2.24, 2.45) is 0 Å². The number of amides is 1. The number of rotatable bonds is 7. The van der Waals surface area contributed by atoms with Crippen molar-refractivity contribution in [3.8, 4) is 0 Å². The van der Waals surface area contributed by atoms with Crippen LogP contribution in [0.5, 0.6) is 0 Å². The maximum atomic E-state index is 12.5. The SMILES string of the molecule is Cc1ccccc1C(O)CNC(=O)c1cccn1CCc1ccccc1. The molecule has 1 atom stereocenters. The van der Waals surface area contributed by atoms with Crippen molar-refractivity contribution in [3.63, 3.8) is 0 Å². The van der Waals surface area contributed by atoms with E-state index >= 15 is 0 Å². The summed E-state index contributed by atoms with van der Waals surface area (Å²) in [5, 5.41) is 13.2. The first kappa shape index (κ1) is 18.0. The van der Waals surface area contributed by atoms with Crippen LogP contribution in [0.15, 0.2) is 72.9 Å². The van der Waals surface area contributed by atoms with Crippen molar-refractivity contribution in [1.29, 1.82) is 0 Å². The molecule has 4 heteroatoms. The molecule has 1 heterocycles. The van der Waals surface area contributed by atoms with Crippen molar-refractivity contribution < 1.29 is 9.90 Å². The van der Waals surface area contributed by atoms with Crippen LogP contribution in [0.25, 0.3) is 0 Å². The molecule has 0 radical (unpaired) electrons. The first-order valence-electron chi connectivity index (χ1n) is 8.86. The highest BCUT2D eigenvalue weighted by Crippen LogP contribution is 2.16. The first-order valence-corrected chi connectivity index (χ1v) is 8.86. The molecule has 3 aromatic rings. The Balaban J connectivity index is 1.59. The summed E-state index contributed by atoms with van der Waals surface area (Å²) in [5.74, 6) is -0.171. The second-order valence-corrected chi connectivity index (χ2v) is 6.40. The van der Waals surface area contributed by atoms with Gasteiger partial charge in [0.15, 0.2) is 0 Å². The van der Waals surface area contributed by atoms with Crippen LogP contribution >= 0.6 is 0 Å². The zero-order chi connectivity index (χ0) is 18.4. The molecule has 0 saturated carbocycles. The Kier molecular flexibility index (Phi) is 5.87. The highest BCUT2D eigenvalue weighted by Gasteiger charge is 2.14. The number of aryl methyl sites for hydroxylation is 3. The van der Waals surface area contributed by atoms with Crippen LogP contribution in [-0.2, 0) is 13.0 Å². The average Bonchev–Trinajstić information content (AvgIpc) is 3.14. The largest absolute Gasteiger partial charge is 0.387 e. The van der Waals surface area contributed by atoms with E-state index in [9.17, 15) is 9.90 Å². The lowest BCUT2D eigenvalue weighted by Crippen LogP contribution is -2.30. The minimum atomic E-state index is -0.715. The predicted molar refractivity (Wildman–Crippen MR) is 103 cm³/mol. The quantitative estimate of drug-likeness (QED) is 0.687. The van der Waals surface area contributed by atoms with Gasteiger partial charge in [-0.3, -0.25) is 4.79 Å². The topological polar surface area (TPSA) is 54.3 Å². The molecule has 0 aliphatic heterocycles. The summed E-state index contributed by atoms with van der Waals surface area (Å²) >= 11 is 0. The number of aliphatic hydroxyl groups excluding tert-OH is 1.